The SMILES string of the molecule is O=C1CCCCC(C2CCCCC(=O)C2=O)C1=O. The number of hydrogen-bond donors (Lipinski definition) is 0. The Morgan fingerprint density at radius 1 is 0.611 bits per heavy atom. The van der Waals surface area contributed by atoms with E-state index in [1.165, 1.54) is 0 Å². The Morgan fingerprint density at radius 3 is 1.39 bits per heavy atom. The summed E-state index contributed by atoms with van der Waals surface area (Å²) in [5.74, 6) is -2.62. The highest BCUT2D eigenvalue weighted by molar-refractivity contribution is 6.42. The molecule has 0 amide bonds. The van der Waals surface area contributed by atoms with Crippen LogP contribution in [-0.4, -0.2) is 23.1 Å². The molecular formula is C14H18O4. The zero-order valence-corrected chi connectivity index (χ0v) is 10.4. The molecule has 0 radical (unpaired) electrons. The van der Waals surface area contributed by atoms with Crippen molar-refractivity contribution >= 4 is 23.1 Å². The van der Waals surface area contributed by atoms with Crippen LogP contribution >= 0.6 is 0 Å². The number of ketones is 4. The highest BCUT2D eigenvalue weighted by Gasteiger charge is 2.39. The molecule has 2 rings (SSSR count). The summed E-state index contributed by atoms with van der Waals surface area (Å²) in [6.07, 6.45) is 4.77. The molecule has 98 valence electrons. The van der Waals surface area contributed by atoms with Crippen molar-refractivity contribution in [1.82, 2.24) is 0 Å². The second-order valence-corrected chi connectivity index (χ2v) is 5.28. The Balaban J connectivity index is 2.21. The van der Waals surface area contributed by atoms with Gasteiger partial charge in [0.1, 0.15) is 0 Å². The molecule has 2 aliphatic rings. The number of Topliss-reactive ketones (excluding diaryl/α,β-unsaturated/α-hetero) is 4. The van der Waals surface area contributed by atoms with Crippen molar-refractivity contribution in [3.05, 3.63) is 0 Å². The van der Waals surface area contributed by atoms with Gasteiger partial charge < -0.3 is 0 Å². The predicted octanol–water partition coefficient (Wildman–Crippen LogP) is 1.64. The minimum Gasteiger partial charge on any atom is -0.291 e. The summed E-state index contributed by atoms with van der Waals surface area (Å²) in [6, 6.07) is 0. The summed E-state index contributed by atoms with van der Waals surface area (Å²) in [5.41, 5.74) is 0. The van der Waals surface area contributed by atoms with Gasteiger partial charge in [-0.05, 0) is 25.7 Å². The number of carbonyl (C=O) groups excluding carboxylic acids is 4. The fraction of sp³-hybridized carbons (Fsp3) is 0.714. The van der Waals surface area contributed by atoms with E-state index in [1.54, 1.807) is 0 Å². The second-order valence-electron chi connectivity index (χ2n) is 5.28. The Labute approximate surface area is 106 Å². The third-order valence-electron chi connectivity index (χ3n) is 4.05. The first kappa shape index (κ1) is 13.1. The third kappa shape index (κ3) is 2.57. The van der Waals surface area contributed by atoms with E-state index in [4.69, 9.17) is 0 Å². The van der Waals surface area contributed by atoms with Gasteiger partial charge in [-0.1, -0.05) is 12.8 Å². The number of rotatable bonds is 1. The fourth-order valence-corrected chi connectivity index (χ4v) is 2.99. The number of carbonyl (C=O) groups is 4. The topological polar surface area (TPSA) is 68.3 Å². The molecule has 0 aromatic heterocycles. The van der Waals surface area contributed by atoms with E-state index in [0.29, 0.717) is 25.7 Å². The Morgan fingerprint density at radius 2 is 1.00 bits per heavy atom. The highest BCUT2D eigenvalue weighted by Crippen LogP contribution is 2.31. The summed E-state index contributed by atoms with van der Waals surface area (Å²) in [6.45, 7) is 0. The van der Waals surface area contributed by atoms with Gasteiger partial charge in [-0.3, -0.25) is 19.2 Å². The lowest BCUT2D eigenvalue weighted by Gasteiger charge is -2.20. The lowest BCUT2D eigenvalue weighted by atomic mass is 9.79. The van der Waals surface area contributed by atoms with E-state index in [1.807, 2.05) is 0 Å². The monoisotopic (exact) mass is 250 g/mol. The fourth-order valence-electron chi connectivity index (χ4n) is 2.99. The Hall–Kier alpha value is -1.32. The average molecular weight is 250 g/mol. The quantitative estimate of drug-likeness (QED) is 0.524. The average Bonchev–Trinajstić information content (AvgIpc) is 2.61. The summed E-state index contributed by atoms with van der Waals surface area (Å²) >= 11 is 0. The summed E-state index contributed by atoms with van der Waals surface area (Å²) in [5, 5.41) is 0. The molecule has 0 saturated heterocycles. The maximum absolute atomic E-state index is 12.0. The molecule has 2 unspecified atom stereocenters. The van der Waals surface area contributed by atoms with Crippen molar-refractivity contribution in [2.45, 2.75) is 51.4 Å². The second kappa shape index (κ2) is 5.55. The van der Waals surface area contributed by atoms with Gasteiger partial charge in [-0.25, -0.2) is 0 Å². The first-order valence-corrected chi connectivity index (χ1v) is 6.75. The lowest BCUT2D eigenvalue weighted by molar-refractivity contribution is -0.144. The first-order chi connectivity index (χ1) is 8.61. The summed E-state index contributed by atoms with van der Waals surface area (Å²) < 4.78 is 0. The van der Waals surface area contributed by atoms with Crippen molar-refractivity contribution in [3.63, 3.8) is 0 Å². The van der Waals surface area contributed by atoms with Crippen LogP contribution < -0.4 is 0 Å². The minimum atomic E-state index is -0.533. The maximum Gasteiger partial charge on any atom is 0.202 e. The lowest BCUT2D eigenvalue weighted by Crippen LogP contribution is -2.35. The number of hydrogen-bond acceptors (Lipinski definition) is 4. The van der Waals surface area contributed by atoms with Crippen LogP contribution in [0.15, 0.2) is 0 Å². The van der Waals surface area contributed by atoms with Gasteiger partial charge in [0.25, 0.3) is 0 Å². The van der Waals surface area contributed by atoms with Crippen LogP contribution in [0.4, 0.5) is 0 Å². The molecule has 0 aromatic rings. The van der Waals surface area contributed by atoms with Crippen molar-refractivity contribution < 1.29 is 19.2 Å². The van der Waals surface area contributed by atoms with Gasteiger partial charge in [0.2, 0.25) is 11.6 Å². The predicted molar refractivity (Wildman–Crippen MR) is 63.9 cm³/mol. The molecule has 0 heterocycles. The molecular weight excluding hydrogens is 232 g/mol. The first-order valence-electron chi connectivity index (χ1n) is 6.75. The van der Waals surface area contributed by atoms with Crippen LogP contribution in [0, 0.1) is 11.8 Å². The largest absolute Gasteiger partial charge is 0.291 e. The van der Waals surface area contributed by atoms with Gasteiger partial charge in [-0.2, -0.15) is 0 Å². The molecule has 2 fully saturated rings. The van der Waals surface area contributed by atoms with Crippen LogP contribution in [0.2, 0.25) is 0 Å². The zero-order valence-electron chi connectivity index (χ0n) is 10.4. The van der Waals surface area contributed by atoms with Crippen molar-refractivity contribution in [1.29, 1.82) is 0 Å². The van der Waals surface area contributed by atoms with Gasteiger partial charge >= 0.3 is 0 Å². The van der Waals surface area contributed by atoms with Gasteiger partial charge in [0, 0.05) is 24.7 Å². The zero-order chi connectivity index (χ0) is 13.1. The van der Waals surface area contributed by atoms with Crippen molar-refractivity contribution in [2.75, 3.05) is 0 Å². The van der Waals surface area contributed by atoms with Crippen molar-refractivity contribution in [3.8, 4) is 0 Å². The van der Waals surface area contributed by atoms with Crippen LogP contribution in [0.25, 0.3) is 0 Å². The van der Waals surface area contributed by atoms with Gasteiger partial charge in [-0.15, -0.1) is 0 Å². The molecule has 2 atom stereocenters. The van der Waals surface area contributed by atoms with Crippen LogP contribution in [0.3, 0.4) is 0 Å². The Kier molecular flexibility index (Phi) is 4.04. The van der Waals surface area contributed by atoms with E-state index in [-0.39, 0.29) is 11.6 Å². The summed E-state index contributed by atoms with van der Waals surface area (Å²) in [4.78, 5) is 47.2. The highest BCUT2D eigenvalue weighted by atomic mass is 16.2. The third-order valence-corrected chi connectivity index (χ3v) is 4.05. The normalized spacial score (nSPS) is 31.1. The molecule has 4 heteroatoms. The minimum absolute atomic E-state index is 0.296. The molecule has 2 aliphatic carbocycles. The van der Waals surface area contributed by atoms with Gasteiger partial charge in [0.15, 0.2) is 11.6 Å². The maximum atomic E-state index is 12.0. The smallest absolute Gasteiger partial charge is 0.202 e. The molecule has 18 heavy (non-hydrogen) atoms. The van der Waals surface area contributed by atoms with Crippen LogP contribution in [0.5, 0.6) is 0 Å². The molecule has 0 N–H and O–H groups in total. The van der Waals surface area contributed by atoms with Gasteiger partial charge in [0.05, 0.1) is 0 Å². The van der Waals surface area contributed by atoms with Crippen molar-refractivity contribution in [2.24, 2.45) is 11.8 Å². The van der Waals surface area contributed by atoms with Crippen LogP contribution in [-0.2, 0) is 19.2 Å². The van der Waals surface area contributed by atoms with E-state index < -0.39 is 23.4 Å². The van der Waals surface area contributed by atoms with Crippen LogP contribution in [0.1, 0.15) is 51.4 Å². The molecule has 0 aromatic carbocycles. The molecule has 0 spiro atoms. The Bertz CT molecular complexity index is 359. The molecule has 4 nitrogen and oxygen atoms in total. The van der Waals surface area contributed by atoms with E-state index in [2.05, 4.69) is 0 Å². The van der Waals surface area contributed by atoms with E-state index >= 15 is 0 Å². The van der Waals surface area contributed by atoms with E-state index in [9.17, 15) is 19.2 Å². The summed E-state index contributed by atoms with van der Waals surface area (Å²) in [7, 11) is 0. The molecule has 0 aliphatic heterocycles. The molecule has 0 bridgehead atoms. The molecule has 2 saturated carbocycles. The standard InChI is InChI=1S/C14H18O4/c15-11-7-3-1-5-9(13(11)17)10-6-2-4-8-12(16)14(10)18/h9-10H,1-8H2. The van der Waals surface area contributed by atoms with E-state index in [0.717, 1.165) is 25.7 Å².